The van der Waals surface area contributed by atoms with Crippen LogP contribution in [0.15, 0.2) is 48.7 Å². The normalized spacial score (nSPS) is 15.5. The van der Waals surface area contributed by atoms with E-state index in [1.165, 1.54) is 19.3 Å². The first kappa shape index (κ1) is 23.1. The van der Waals surface area contributed by atoms with Gasteiger partial charge in [-0.3, -0.25) is 4.79 Å². The Morgan fingerprint density at radius 3 is 2.46 bits per heavy atom. The van der Waals surface area contributed by atoms with Crippen molar-refractivity contribution < 1.29 is 18.0 Å². The quantitative estimate of drug-likeness (QED) is 0.463. The van der Waals surface area contributed by atoms with Crippen molar-refractivity contribution in [2.24, 2.45) is 0 Å². The SMILES string of the molecule is O=C1CCc2cccc(C#Cc3nc(Cc4ccc(N5CCCCC5)cc4)ncc3C(F)(F)F)c21. The van der Waals surface area contributed by atoms with Gasteiger partial charge in [-0.25, -0.2) is 9.97 Å². The molecule has 0 radical (unpaired) electrons. The molecule has 0 spiro atoms. The predicted octanol–water partition coefficient (Wildman–Crippen LogP) is 5.61. The summed E-state index contributed by atoms with van der Waals surface area (Å²) in [5.74, 6) is 5.59. The van der Waals surface area contributed by atoms with Crippen LogP contribution in [-0.4, -0.2) is 28.8 Å². The van der Waals surface area contributed by atoms with E-state index in [4.69, 9.17) is 0 Å². The van der Waals surface area contributed by atoms with Crippen molar-refractivity contribution >= 4 is 11.5 Å². The molecule has 7 heteroatoms. The van der Waals surface area contributed by atoms with Crippen LogP contribution in [-0.2, 0) is 19.0 Å². The van der Waals surface area contributed by atoms with Crippen LogP contribution in [0, 0.1) is 11.8 Å². The topological polar surface area (TPSA) is 46.1 Å². The highest BCUT2D eigenvalue weighted by Crippen LogP contribution is 2.31. The molecule has 0 N–H and O–H groups in total. The van der Waals surface area contributed by atoms with Gasteiger partial charge >= 0.3 is 6.18 Å². The molecule has 0 amide bonds. The summed E-state index contributed by atoms with van der Waals surface area (Å²) in [5, 5.41) is 0. The van der Waals surface area contributed by atoms with E-state index in [1.807, 2.05) is 30.3 Å². The number of hydrogen-bond donors (Lipinski definition) is 0. The number of benzene rings is 2. The Morgan fingerprint density at radius 1 is 0.943 bits per heavy atom. The maximum absolute atomic E-state index is 13.6. The van der Waals surface area contributed by atoms with Crippen molar-refractivity contribution in [2.75, 3.05) is 18.0 Å². The van der Waals surface area contributed by atoms with Gasteiger partial charge in [0.2, 0.25) is 0 Å². The molecule has 1 aliphatic heterocycles. The number of aryl methyl sites for hydroxylation is 1. The molecule has 1 aromatic heterocycles. The summed E-state index contributed by atoms with van der Waals surface area (Å²) in [4.78, 5) is 22.7. The highest BCUT2D eigenvalue weighted by atomic mass is 19.4. The van der Waals surface area contributed by atoms with Crippen LogP contribution in [0.3, 0.4) is 0 Å². The summed E-state index contributed by atoms with van der Waals surface area (Å²) < 4.78 is 40.9. The standard InChI is InChI=1S/C28H24F3N3O/c29-28(30,31)23-18-32-26(17-19-7-11-22(12-8-19)34-15-2-1-3-16-34)33-24(23)13-9-20-5-4-6-21-10-14-25(35)27(20)21/h4-8,11-12,18H,1-3,10,14-17H2. The summed E-state index contributed by atoms with van der Waals surface area (Å²) in [6.45, 7) is 2.08. The van der Waals surface area contributed by atoms with E-state index in [9.17, 15) is 18.0 Å². The molecule has 2 aliphatic rings. The fourth-order valence-electron chi connectivity index (χ4n) is 4.71. The number of halogens is 3. The highest BCUT2D eigenvalue weighted by Gasteiger charge is 2.35. The number of fused-ring (bicyclic) bond motifs is 1. The monoisotopic (exact) mass is 475 g/mol. The maximum Gasteiger partial charge on any atom is 0.420 e. The van der Waals surface area contributed by atoms with Crippen LogP contribution in [0.5, 0.6) is 0 Å². The number of carbonyl (C=O) groups excluding carboxylic acids is 1. The first-order chi connectivity index (χ1) is 16.9. The van der Waals surface area contributed by atoms with Gasteiger partial charge in [0.1, 0.15) is 17.1 Å². The van der Waals surface area contributed by atoms with Crippen molar-refractivity contribution in [3.63, 3.8) is 0 Å². The van der Waals surface area contributed by atoms with E-state index in [1.54, 1.807) is 12.1 Å². The number of carbonyl (C=O) groups is 1. The van der Waals surface area contributed by atoms with Crippen LogP contribution < -0.4 is 4.90 Å². The molecule has 178 valence electrons. The molecule has 1 saturated heterocycles. The van der Waals surface area contributed by atoms with Crippen LogP contribution in [0.25, 0.3) is 0 Å². The molecule has 5 rings (SSSR count). The lowest BCUT2D eigenvalue weighted by Gasteiger charge is -2.28. The largest absolute Gasteiger partial charge is 0.420 e. The molecule has 3 aromatic rings. The van der Waals surface area contributed by atoms with Crippen molar-refractivity contribution in [3.8, 4) is 11.8 Å². The molecule has 0 bridgehead atoms. The third-order valence-corrected chi connectivity index (χ3v) is 6.53. The zero-order valence-corrected chi connectivity index (χ0v) is 19.2. The number of alkyl halides is 3. The average Bonchev–Trinajstić information content (AvgIpc) is 3.24. The number of ketones is 1. The van der Waals surface area contributed by atoms with Gasteiger partial charge in [-0.2, -0.15) is 13.2 Å². The molecule has 35 heavy (non-hydrogen) atoms. The van der Waals surface area contributed by atoms with Crippen molar-refractivity contribution in [3.05, 3.63) is 88.0 Å². The zero-order chi connectivity index (χ0) is 24.4. The lowest BCUT2D eigenvalue weighted by Crippen LogP contribution is -2.29. The molecule has 1 fully saturated rings. The summed E-state index contributed by atoms with van der Waals surface area (Å²) in [6.07, 6.45) is 1.13. The average molecular weight is 476 g/mol. The number of piperidine rings is 1. The van der Waals surface area contributed by atoms with Crippen LogP contribution in [0.4, 0.5) is 18.9 Å². The Morgan fingerprint density at radius 2 is 1.71 bits per heavy atom. The van der Waals surface area contributed by atoms with Gasteiger partial charge < -0.3 is 4.90 Å². The summed E-state index contributed by atoms with van der Waals surface area (Å²) in [5.41, 5.74) is 2.54. The fraction of sp³-hybridized carbons (Fsp3) is 0.321. The number of rotatable bonds is 3. The second-order valence-electron chi connectivity index (χ2n) is 8.95. The zero-order valence-electron chi connectivity index (χ0n) is 19.2. The third kappa shape index (κ3) is 5.07. The van der Waals surface area contributed by atoms with Crippen LogP contribution >= 0.6 is 0 Å². The fourth-order valence-corrected chi connectivity index (χ4v) is 4.71. The minimum atomic E-state index is -4.63. The summed E-state index contributed by atoms with van der Waals surface area (Å²) in [6, 6.07) is 13.3. The molecule has 2 heterocycles. The molecule has 0 unspecified atom stereocenters. The molecule has 0 saturated carbocycles. The Hall–Kier alpha value is -3.66. The Bertz CT molecular complexity index is 1310. The van der Waals surface area contributed by atoms with Gasteiger partial charge in [0, 0.05) is 48.9 Å². The predicted molar refractivity (Wildman–Crippen MR) is 127 cm³/mol. The van der Waals surface area contributed by atoms with E-state index in [0.29, 0.717) is 30.4 Å². The summed E-state index contributed by atoms with van der Waals surface area (Å²) >= 11 is 0. The van der Waals surface area contributed by atoms with Gasteiger partial charge in [0.05, 0.1) is 0 Å². The first-order valence-electron chi connectivity index (χ1n) is 11.8. The third-order valence-electron chi connectivity index (χ3n) is 6.53. The Balaban J connectivity index is 1.42. The smallest absolute Gasteiger partial charge is 0.372 e. The molecule has 1 aliphatic carbocycles. The van der Waals surface area contributed by atoms with Crippen molar-refractivity contribution in [1.29, 1.82) is 0 Å². The Kier molecular flexibility index (Phi) is 6.29. The van der Waals surface area contributed by atoms with Gasteiger partial charge in [-0.1, -0.05) is 30.2 Å². The second kappa shape index (κ2) is 9.53. The van der Waals surface area contributed by atoms with Crippen LogP contribution in [0.2, 0.25) is 0 Å². The molecule has 4 nitrogen and oxygen atoms in total. The first-order valence-corrected chi connectivity index (χ1v) is 11.8. The molecule has 0 atom stereocenters. The van der Waals surface area contributed by atoms with E-state index in [0.717, 1.165) is 36.1 Å². The lowest BCUT2D eigenvalue weighted by atomic mass is 10.0. The molecule has 2 aromatic carbocycles. The number of anilines is 1. The number of nitrogens with zero attached hydrogens (tertiary/aromatic N) is 3. The number of Topliss-reactive ketones (excluding diaryl/α,β-unsaturated/α-hetero) is 1. The minimum Gasteiger partial charge on any atom is -0.372 e. The van der Waals surface area contributed by atoms with E-state index >= 15 is 0 Å². The molecular weight excluding hydrogens is 451 g/mol. The Labute approximate surface area is 202 Å². The van der Waals surface area contributed by atoms with Gasteiger partial charge in [0.15, 0.2) is 5.78 Å². The minimum absolute atomic E-state index is 0.0303. The van der Waals surface area contributed by atoms with Crippen molar-refractivity contribution in [1.82, 2.24) is 9.97 Å². The summed E-state index contributed by atoms with van der Waals surface area (Å²) in [7, 11) is 0. The van der Waals surface area contributed by atoms with E-state index in [-0.39, 0.29) is 17.3 Å². The van der Waals surface area contributed by atoms with Gasteiger partial charge in [0.25, 0.3) is 0 Å². The van der Waals surface area contributed by atoms with Crippen molar-refractivity contribution in [2.45, 2.75) is 44.7 Å². The van der Waals surface area contributed by atoms with Crippen LogP contribution in [0.1, 0.15) is 69.8 Å². The molecular formula is C28H24F3N3O. The van der Waals surface area contributed by atoms with E-state index < -0.39 is 11.7 Å². The lowest BCUT2D eigenvalue weighted by molar-refractivity contribution is -0.138. The number of aromatic nitrogens is 2. The maximum atomic E-state index is 13.6. The second-order valence-corrected chi connectivity index (χ2v) is 8.95. The van der Waals surface area contributed by atoms with Gasteiger partial charge in [-0.15, -0.1) is 0 Å². The highest BCUT2D eigenvalue weighted by molar-refractivity contribution is 6.02. The number of hydrogen-bond acceptors (Lipinski definition) is 4. The van der Waals surface area contributed by atoms with Gasteiger partial charge in [-0.05, 0) is 60.9 Å². The van der Waals surface area contributed by atoms with E-state index in [2.05, 4.69) is 26.7 Å².